The molecule has 1 aromatic carbocycles. The van der Waals surface area contributed by atoms with E-state index in [1.807, 2.05) is 65.9 Å². The maximum Gasteiger partial charge on any atom is 0.232 e. The normalized spacial score (nSPS) is 19.0. The third-order valence-electron chi connectivity index (χ3n) is 5.63. The molecule has 1 aliphatic rings. The van der Waals surface area contributed by atoms with Crippen molar-refractivity contribution < 1.29 is 9.32 Å². The van der Waals surface area contributed by atoms with Gasteiger partial charge in [-0.2, -0.15) is 4.98 Å². The number of piperidine rings is 1. The maximum atomic E-state index is 13.1. The van der Waals surface area contributed by atoms with Gasteiger partial charge in [0, 0.05) is 35.8 Å². The van der Waals surface area contributed by atoms with Gasteiger partial charge in [-0.25, -0.2) is 0 Å². The summed E-state index contributed by atoms with van der Waals surface area (Å²) in [5, 5.41) is 6.26. The molecule has 1 fully saturated rings. The predicted molar refractivity (Wildman–Crippen MR) is 119 cm³/mol. The summed E-state index contributed by atoms with van der Waals surface area (Å²) < 4.78 is 5.73. The van der Waals surface area contributed by atoms with Gasteiger partial charge in [-0.05, 0) is 48.6 Å². The number of hydrogen-bond acceptors (Lipinski definition) is 6. The number of anilines is 1. The number of aryl methyl sites for hydroxylation is 1. The molecule has 0 unspecified atom stereocenters. The van der Waals surface area contributed by atoms with Gasteiger partial charge in [0.15, 0.2) is 5.82 Å². The molecule has 4 heterocycles. The molecule has 0 spiro atoms. The van der Waals surface area contributed by atoms with E-state index in [2.05, 4.69) is 16.2 Å². The van der Waals surface area contributed by atoms with Crippen LogP contribution in [-0.4, -0.2) is 21.0 Å². The summed E-state index contributed by atoms with van der Waals surface area (Å²) in [7, 11) is 0. The van der Waals surface area contributed by atoms with E-state index in [1.54, 1.807) is 17.5 Å². The first-order valence-electron chi connectivity index (χ1n) is 10.3. The minimum Gasteiger partial charge on any atom is -0.339 e. The Kier molecular flexibility index (Phi) is 5.34. The summed E-state index contributed by atoms with van der Waals surface area (Å²) in [5.41, 5.74) is 3.09. The molecule has 7 heteroatoms. The lowest BCUT2D eigenvalue weighted by atomic mass is 9.87. The van der Waals surface area contributed by atoms with Crippen LogP contribution in [0.1, 0.15) is 52.5 Å². The Morgan fingerprint density at radius 3 is 2.77 bits per heavy atom. The Morgan fingerprint density at radius 1 is 1.16 bits per heavy atom. The van der Waals surface area contributed by atoms with E-state index in [0.29, 0.717) is 31.0 Å². The summed E-state index contributed by atoms with van der Waals surface area (Å²) >= 11 is 1.65. The monoisotopic (exact) mass is 430 g/mol. The van der Waals surface area contributed by atoms with Crippen LogP contribution < -0.4 is 4.90 Å². The first kappa shape index (κ1) is 19.6. The lowest BCUT2D eigenvalue weighted by Gasteiger charge is -2.39. The molecule has 0 saturated carbocycles. The first-order valence-corrected chi connectivity index (χ1v) is 11.2. The molecule has 156 valence electrons. The van der Waals surface area contributed by atoms with Crippen molar-refractivity contribution in [2.45, 2.75) is 38.1 Å². The van der Waals surface area contributed by atoms with Gasteiger partial charge in [0.2, 0.25) is 11.8 Å². The second-order valence-corrected chi connectivity index (χ2v) is 8.77. The number of pyridine rings is 1. The number of hydrogen-bond donors (Lipinski definition) is 0. The van der Waals surface area contributed by atoms with Crippen molar-refractivity contribution in [3.8, 4) is 0 Å². The van der Waals surface area contributed by atoms with Crippen LogP contribution in [0.3, 0.4) is 0 Å². The molecule has 0 radical (unpaired) electrons. The molecule has 1 saturated heterocycles. The van der Waals surface area contributed by atoms with Crippen molar-refractivity contribution in [3.05, 3.63) is 94.0 Å². The average Bonchev–Trinajstić information content (AvgIpc) is 3.47. The highest BCUT2D eigenvalue weighted by Gasteiger charge is 2.41. The van der Waals surface area contributed by atoms with Crippen molar-refractivity contribution in [2.75, 3.05) is 4.90 Å². The zero-order valence-corrected chi connectivity index (χ0v) is 18.0. The SMILES string of the molecule is Cc1ccc(N2C(=O)CC[C@@H](c3nc(Cc4cccnc4)no3)[C@H]2c2cccs2)cc1. The molecule has 0 aliphatic carbocycles. The number of amides is 1. The van der Waals surface area contributed by atoms with Crippen LogP contribution in [0.15, 0.2) is 70.8 Å². The quantitative estimate of drug-likeness (QED) is 0.442. The van der Waals surface area contributed by atoms with E-state index in [4.69, 9.17) is 9.51 Å². The van der Waals surface area contributed by atoms with Gasteiger partial charge >= 0.3 is 0 Å². The zero-order chi connectivity index (χ0) is 21.2. The third kappa shape index (κ3) is 4.01. The minimum atomic E-state index is -0.171. The topological polar surface area (TPSA) is 72.1 Å². The van der Waals surface area contributed by atoms with Gasteiger partial charge in [-0.15, -0.1) is 11.3 Å². The van der Waals surface area contributed by atoms with Gasteiger partial charge in [0.25, 0.3) is 0 Å². The Balaban J connectivity index is 1.50. The van der Waals surface area contributed by atoms with Gasteiger partial charge in [0.05, 0.1) is 12.0 Å². The highest BCUT2D eigenvalue weighted by molar-refractivity contribution is 7.10. The third-order valence-corrected chi connectivity index (χ3v) is 6.57. The smallest absolute Gasteiger partial charge is 0.232 e. The minimum absolute atomic E-state index is 0.0622. The van der Waals surface area contributed by atoms with E-state index in [9.17, 15) is 4.79 Å². The molecule has 5 rings (SSSR count). The fourth-order valence-corrected chi connectivity index (χ4v) is 5.00. The highest BCUT2D eigenvalue weighted by Crippen LogP contribution is 2.46. The van der Waals surface area contributed by atoms with Crippen molar-refractivity contribution in [3.63, 3.8) is 0 Å². The molecule has 6 nitrogen and oxygen atoms in total. The van der Waals surface area contributed by atoms with Crippen LogP contribution in [0.4, 0.5) is 5.69 Å². The molecular weight excluding hydrogens is 408 g/mol. The van der Waals surface area contributed by atoms with E-state index >= 15 is 0 Å². The van der Waals surface area contributed by atoms with Crippen LogP contribution in [0.2, 0.25) is 0 Å². The van der Waals surface area contributed by atoms with Crippen LogP contribution in [0.25, 0.3) is 0 Å². The van der Waals surface area contributed by atoms with Crippen LogP contribution in [-0.2, 0) is 11.2 Å². The molecular formula is C24H22N4O2S. The second-order valence-electron chi connectivity index (χ2n) is 7.79. The first-order chi connectivity index (χ1) is 15.2. The Morgan fingerprint density at radius 2 is 2.03 bits per heavy atom. The van der Waals surface area contributed by atoms with E-state index < -0.39 is 0 Å². The van der Waals surface area contributed by atoms with Gasteiger partial charge in [-0.3, -0.25) is 9.78 Å². The summed E-state index contributed by atoms with van der Waals surface area (Å²) in [6.45, 7) is 2.05. The molecule has 0 bridgehead atoms. The number of benzene rings is 1. The fraction of sp³-hybridized carbons (Fsp3) is 0.250. The second kappa shape index (κ2) is 8.43. The predicted octanol–water partition coefficient (Wildman–Crippen LogP) is 5.08. The highest BCUT2D eigenvalue weighted by atomic mass is 32.1. The van der Waals surface area contributed by atoms with Gasteiger partial charge in [0.1, 0.15) is 0 Å². The molecule has 31 heavy (non-hydrogen) atoms. The zero-order valence-electron chi connectivity index (χ0n) is 17.1. The Labute approximate surface area is 184 Å². The number of nitrogens with zero attached hydrogens (tertiary/aromatic N) is 4. The van der Waals surface area contributed by atoms with Crippen molar-refractivity contribution >= 4 is 22.9 Å². The summed E-state index contributed by atoms with van der Waals surface area (Å²) in [6.07, 6.45) is 5.24. The van der Waals surface area contributed by atoms with Crippen molar-refractivity contribution in [2.24, 2.45) is 0 Å². The van der Waals surface area contributed by atoms with E-state index in [1.165, 1.54) is 0 Å². The lowest BCUT2D eigenvalue weighted by molar-refractivity contribution is -0.120. The molecule has 1 amide bonds. The van der Waals surface area contributed by atoms with Crippen molar-refractivity contribution in [1.82, 2.24) is 15.1 Å². The molecule has 1 aliphatic heterocycles. The number of thiophene rings is 1. The largest absolute Gasteiger partial charge is 0.339 e. The number of carbonyl (C=O) groups is 1. The van der Waals surface area contributed by atoms with Crippen LogP contribution in [0.5, 0.6) is 0 Å². The maximum absolute atomic E-state index is 13.1. The van der Waals surface area contributed by atoms with Crippen molar-refractivity contribution in [1.29, 1.82) is 0 Å². The van der Waals surface area contributed by atoms with Gasteiger partial charge < -0.3 is 9.42 Å². The van der Waals surface area contributed by atoms with Crippen LogP contribution in [0, 0.1) is 6.92 Å². The van der Waals surface area contributed by atoms with E-state index in [-0.39, 0.29) is 17.9 Å². The summed E-state index contributed by atoms with van der Waals surface area (Å²) in [5.74, 6) is 1.27. The Hall–Kier alpha value is -3.32. The molecule has 3 aromatic heterocycles. The lowest BCUT2D eigenvalue weighted by Crippen LogP contribution is -2.42. The Bertz CT molecular complexity index is 1160. The summed E-state index contributed by atoms with van der Waals surface area (Å²) in [6, 6.07) is 15.9. The molecule has 0 N–H and O–H groups in total. The number of aromatic nitrogens is 3. The fourth-order valence-electron chi connectivity index (χ4n) is 4.12. The van der Waals surface area contributed by atoms with Crippen LogP contribution >= 0.6 is 11.3 Å². The number of carbonyl (C=O) groups excluding carboxylic acids is 1. The van der Waals surface area contributed by atoms with E-state index in [0.717, 1.165) is 21.7 Å². The molecule has 4 aromatic rings. The van der Waals surface area contributed by atoms with Gasteiger partial charge in [-0.1, -0.05) is 35.0 Å². The molecule has 2 atom stereocenters. The summed E-state index contributed by atoms with van der Waals surface area (Å²) in [4.78, 5) is 25.0. The number of rotatable bonds is 5. The average molecular weight is 431 g/mol. The standard InChI is InChI=1S/C24H22N4O2S/c1-16-6-8-18(9-7-16)28-22(29)11-10-19(23(28)20-5-3-13-31-20)24-26-21(27-30-24)14-17-4-2-12-25-15-17/h2-9,12-13,15,19,23H,10-11,14H2,1H3/t19-,23+/m1/s1.